The minimum absolute atomic E-state index is 0.445. The molecule has 2 aromatic carbocycles. The van der Waals surface area contributed by atoms with Crippen LogP contribution in [0.15, 0.2) is 80.9 Å². The van der Waals surface area contributed by atoms with Gasteiger partial charge in [-0.05, 0) is 35.0 Å². The first kappa shape index (κ1) is 15.4. The van der Waals surface area contributed by atoms with E-state index in [9.17, 15) is 13.2 Å². The van der Waals surface area contributed by atoms with E-state index >= 15 is 0 Å². The number of hydrogen-bond donors (Lipinski definition) is 0. The summed E-state index contributed by atoms with van der Waals surface area (Å²) >= 11 is 0. The monoisotopic (exact) mass is 332 g/mol. The van der Waals surface area contributed by atoms with Crippen molar-refractivity contribution >= 4 is 16.5 Å². The highest BCUT2D eigenvalue weighted by atomic mass is 32.2. The minimum Gasteiger partial charge on any atom is -0.203 e. The van der Waals surface area contributed by atoms with Crippen LogP contribution in [0.25, 0.3) is 0 Å². The van der Waals surface area contributed by atoms with Gasteiger partial charge in [0.25, 0.3) is 5.95 Å². The molecule has 0 spiro atoms. The molecule has 0 fully saturated rings. The zero-order valence-electron chi connectivity index (χ0n) is 11.8. The van der Waals surface area contributed by atoms with Crippen LogP contribution in [0.2, 0.25) is 0 Å². The van der Waals surface area contributed by atoms with E-state index in [1.54, 1.807) is 0 Å². The molecule has 3 aromatic rings. The molecule has 0 saturated carbocycles. The van der Waals surface area contributed by atoms with Gasteiger partial charge in [0.05, 0.1) is 0 Å². The van der Waals surface area contributed by atoms with Crippen molar-refractivity contribution in [2.24, 2.45) is 4.36 Å². The van der Waals surface area contributed by atoms with E-state index in [-0.39, 0.29) is 0 Å². The SMILES string of the molecule is Fc1cc(F)c(N=S(c2ccccc2)c2ccccc2)nc1F. The maximum absolute atomic E-state index is 13.9. The van der Waals surface area contributed by atoms with Crippen LogP contribution < -0.4 is 0 Å². The summed E-state index contributed by atoms with van der Waals surface area (Å²) in [6, 6.07) is 18.9. The smallest absolute Gasteiger partial charge is 0.203 e. The summed E-state index contributed by atoms with van der Waals surface area (Å²) in [7, 11) is -0.894. The van der Waals surface area contributed by atoms with Gasteiger partial charge in [0, 0.05) is 15.9 Å². The number of rotatable bonds is 3. The summed E-state index contributed by atoms with van der Waals surface area (Å²) in [6.45, 7) is 0. The molecule has 1 heterocycles. The van der Waals surface area contributed by atoms with Crippen molar-refractivity contribution in [1.82, 2.24) is 4.98 Å². The second-order valence-electron chi connectivity index (χ2n) is 4.57. The van der Waals surface area contributed by atoms with Crippen LogP contribution in [0.5, 0.6) is 0 Å². The quantitative estimate of drug-likeness (QED) is 0.616. The predicted molar refractivity (Wildman–Crippen MR) is 83.0 cm³/mol. The van der Waals surface area contributed by atoms with Crippen molar-refractivity contribution in [3.8, 4) is 0 Å². The van der Waals surface area contributed by atoms with Gasteiger partial charge in [-0.1, -0.05) is 36.4 Å². The Morgan fingerprint density at radius 1 is 0.739 bits per heavy atom. The van der Waals surface area contributed by atoms with Crippen molar-refractivity contribution in [3.05, 3.63) is 84.3 Å². The van der Waals surface area contributed by atoms with E-state index in [2.05, 4.69) is 9.35 Å². The Morgan fingerprint density at radius 3 is 1.78 bits per heavy atom. The van der Waals surface area contributed by atoms with Gasteiger partial charge >= 0.3 is 0 Å². The lowest BCUT2D eigenvalue weighted by Gasteiger charge is -2.09. The van der Waals surface area contributed by atoms with Gasteiger partial charge in [0.1, 0.15) is 0 Å². The highest BCUT2D eigenvalue weighted by Crippen LogP contribution is 2.25. The summed E-state index contributed by atoms with van der Waals surface area (Å²) in [5.41, 5.74) is 0. The molecule has 6 heteroatoms. The van der Waals surface area contributed by atoms with E-state index in [1.165, 1.54) is 0 Å². The van der Waals surface area contributed by atoms with Gasteiger partial charge in [0.15, 0.2) is 17.5 Å². The molecule has 0 aliphatic heterocycles. The minimum atomic E-state index is -1.37. The molecule has 0 atom stereocenters. The van der Waals surface area contributed by atoms with Gasteiger partial charge < -0.3 is 0 Å². The van der Waals surface area contributed by atoms with Crippen molar-refractivity contribution < 1.29 is 13.2 Å². The van der Waals surface area contributed by atoms with Gasteiger partial charge in [-0.2, -0.15) is 13.7 Å². The van der Waals surface area contributed by atoms with Crippen LogP contribution >= 0.6 is 0 Å². The predicted octanol–water partition coefficient (Wildman–Crippen LogP) is 5.05. The molecule has 0 radical (unpaired) electrons. The number of nitrogens with zero attached hydrogens (tertiary/aromatic N) is 2. The Balaban J connectivity index is 2.18. The molecular formula is C17H11F3N2S. The van der Waals surface area contributed by atoms with Crippen molar-refractivity contribution in [1.29, 1.82) is 0 Å². The molecular weight excluding hydrogens is 321 g/mol. The Hall–Kier alpha value is -2.47. The van der Waals surface area contributed by atoms with E-state index in [1.807, 2.05) is 60.7 Å². The lowest BCUT2D eigenvalue weighted by Crippen LogP contribution is -1.96. The van der Waals surface area contributed by atoms with Crippen LogP contribution in [-0.4, -0.2) is 4.98 Å². The number of aromatic nitrogens is 1. The first-order valence-electron chi connectivity index (χ1n) is 6.73. The number of benzene rings is 2. The lowest BCUT2D eigenvalue weighted by molar-refractivity contribution is 0.466. The first-order valence-corrected chi connectivity index (χ1v) is 7.91. The van der Waals surface area contributed by atoms with Gasteiger partial charge in [0.2, 0.25) is 0 Å². The topological polar surface area (TPSA) is 25.2 Å². The van der Waals surface area contributed by atoms with Gasteiger partial charge in [-0.3, -0.25) is 0 Å². The van der Waals surface area contributed by atoms with E-state index in [0.29, 0.717) is 6.07 Å². The van der Waals surface area contributed by atoms with E-state index in [0.717, 1.165) is 9.79 Å². The molecule has 2 nitrogen and oxygen atoms in total. The highest BCUT2D eigenvalue weighted by molar-refractivity contribution is 7.87. The normalized spacial score (nSPS) is 10.8. The maximum Gasteiger partial charge on any atom is 0.251 e. The average molecular weight is 332 g/mol. The molecule has 0 unspecified atom stereocenters. The molecule has 23 heavy (non-hydrogen) atoms. The summed E-state index contributed by atoms with van der Waals surface area (Å²) < 4.78 is 44.4. The third kappa shape index (κ3) is 3.48. The molecule has 1 aromatic heterocycles. The fourth-order valence-corrected chi connectivity index (χ4v) is 3.54. The van der Waals surface area contributed by atoms with Crippen LogP contribution in [-0.2, 0) is 10.7 Å². The molecule has 116 valence electrons. The van der Waals surface area contributed by atoms with Crippen LogP contribution in [0.4, 0.5) is 19.0 Å². The second kappa shape index (κ2) is 6.75. The molecule has 0 aliphatic rings. The third-order valence-electron chi connectivity index (χ3n) is 2.98. The number of halogens is 3. The standard InChI is InChI=1S/C17H11F3N2S/c18-14-11-15(19)17(21-16(14)20)22-23(12-7-3-1-4-8-12)13-9-5-2-6-10-13/h1-11H. The molecule has 0 aliphatic carbocycles. The number of hydrogen-bond acceptors (Lipinski definition) is 2. The molecule has 0 amide bonds. The average Bonchev–Trinajstić information content (AvgIpc) is 2.58. The number of pyridine rings is 1. The lowest BCUT2D eigenvalue weighted by atomic mass is 10.4. The Morgan fingerprint density at radius 2 is 1.26 bits per heavy atom. The fraction of sp³-hybridized carbons (Fsp3) is 0. The summed E-state index contributed by atoms with van der Waals surface area (Å²) in [4.78, 5) is 4.93. The van der Waals surface area contributed by atoms with E-state index in [4.69, 9.17) is 0 Å². The van der Waals surface area contributed by atoms with Crippen molar-refractivity contribution in [2.75, 3.05) is 0 Å². The van der Waals surface area contributed by atoms with Gasteiger partial charge in [-0.15, -0.1) is 0 Å². The zero-order chi connectivity index (χ0) is 16.2. The molecule has 0 saturated heterocycles. The van der Waals surface area contributed by atoms with E-state index < -0.39 is 34.1 Å². The highest BCUT2D eigenvalue weighted by Gasteiger charge is 2.13. The summed E-state index contributed by atoms with van der Waals surface area (Å²) in [5.74, 6) is -4.14. The van der Waals surface area contributed by atoms with Crippen LogP contribution in [0, 0.1) is 17.6 Å². The Bertz CT molecular complexity index is 811. The fourth-order valence-electron chi connectivity index (χ4n) is 1.93. The summed E-state index contributed by atoms with van der Waals surface area (Å²) in [6.07, 6.45) is 0. The second-order valence-corrected chi connectivity index (χ2v) is 6.26. The summed E-state index contributed by atoms with van der Waals surface area (Å²) in [5, 5.41) is 0. The van der Waals surface area contributed by atoms with Crippen molar-refractivity contribution in [3.63, 3.8) is 0 Å². The molecule has 3 rings (SSSR count). The largest absolute Gasteiger partial charge is 0.251 e. The molecule has 0 bridgehead atoms. The zero-order valence-corrected chi connectivity index (χ0v) is 12.6. The Labute approximate surface area is 133 Å². The maximum atomic E-state index is 13.9. The van der Waals surface area contributed by atoms with Crippen molar-refractivity contribution in [2.45, 2.75) is 9.79 Å². The third-order valence-corrected chi connectivity index (χ3v) is 4.77. The first-order chi connectivity index (χ1) is 11.1. The van der Waals surface area contributed by atoms with Crippen LogP contribution in [0.3, 0.4) is 0 Å². The van der Waals surface area contributed by atoms with Gasteiger partial charge in [-0.25, -0.2) is 8.78 Å². The Kier molecular flexibility index (Phi) is 4.52. The molecule has 0 N–H and O–H groups in total. The van der Waals surface area contributed by atoms with Crippen LogP contribution in [0.1, 0.15) is 0 Å².